The fourth-order valence-electron chi connectivity index (χ4n) is 1.20. The number of amides is 1. The summed E-state index contributed by atoms with van der Waals surface area (Å²) in [6.45, 7) is 2.60. The van der Waals surface area contributed by atoms with E-state index in [-0.39, 0.29) is 18.3 Å². The average molecular weight is 273 g/mol. The number of hydrogen-bond donors (Lipinski definition) is 1. The third-order valence-corrected chi connectivity index (χ3v) is 2.00. The number of carbonyl (C=O) groups excluding carboxylic acids is 1. The van der Waals surface area contributed by atoms with Gasteiger partial charge in [0.1, 0.15) is 12.4 Å². The van der Waals surface area contributed by atoms with Crippen molar-refractivity contribution in [1.29, 1.82) is 0 Å². The zero-order valence-electron chi connectivity index (χ0n) is 11.1. The molecule has 0 aliphatic rings. The first-order chi connectivity index (χ1) is 8.76. The van der Waals surface area contributed by atoms with E-state index in [1.807, 2.05) is 20.8 Å². The lowest BCUT2D eigenvalue weighted by molar-refractivity contribution is -0.125. The van der Waals surface area contributed by atoms with E-state index in [0.29, 0.717) is 5.69 Å². The molecule has 0 radical (unpaired) electrons. The number of benzene rings is 1. The molecule has 6 heteroatoms. The van der Waals surface area contributed by atoms with Gasteiger partial charge in [-0.2, -0.15) is 8.78 Å². The van der Waals surface area contributed by atoms with E-state index in [1.54, 1.807) is 0 Å². The Labute approximate surface area is 110 Å². The summed E-state index contributed by atoms with van der Waals surface area (Å²) >= 11 is 0. The highest BCUT2D eigenvalue weighted by atomic mass is 19.3. The van der Waals surface area contributed by atoms with Gasteiger partial charge in [-0.25, -0.2) is 0 Å². The van der Waals surface area contributed by atoms with Crippen LogP contribution in [0.4, 0.5) is 14.5 Å². The summed E-state index contributed by atoms with van der Waals surface area (Å²) in [5, 5.41) is 2.59. The molecular formula is C13H17F2NO3. The van der Waals surface area contributed by atoms with E-state index < -0.39 is 12.2 Å². The molecule has 0 aliphatic heterocycles. The maximum atomic E-state index is 11.9. The maximum Gasteiger partial charge on any atom is 0.387 e. The van der Waals surface area contributed by atoms with Crippen molar-refractivity contribution in [2.24, 2.45) is 0 Å². The molecule has 1 aromatic rings. The van der Waals surface area contributed by atoms with Gasteiger partial charge in [0, 0.05) is 5.69 Å². The van der Waals surface area contributed by atoms with Gasteiger partial charge in [-0.05, 0) is 45.0 Å². The molecule has 19 heavy (non-hydrogen) atoms. The molecule has 106 valence electrons. The molecule has 0 saturated carbocycles. The van der Waals surface area contributed by atoms with Crippen LogP contribution >= 0.6 is 0 Å². The van der Waals surface area contributed by atoms with E-state index in [1.165, 1.54) is 24.3 Å². The predicted octanol–water partition coefficient (Wildman–Crippen LogP) is 3.04. The van der Waals surface area contributed by atoms with Crippen molar-refractivity contribution < 1.29 is 23.0 Å². The third-order valence-electron chi connectivity index (χ3n) is 2.00. The van der Waals surface area contributed by atoms with Crippen LogP contribution in [-0.4, -0.2) is 24.7 Å². The number of nitrogens with one attached hydrogen (secondary N) is 1. The van der Waals surface area contributed by atoms with Crippen LogP contribution in [0.25, 0.3) is 0 Å². The lowest BCUT2D eigenvalue weighted by atomic mass is 10.2. The Kier molecular flexibility index (Phi) is 5.23. The summed E-state index contributed by atoms with van der Waals surface area (Å²) in [6.07, 6.45) is 0. The second-order valence-corrected chi connectivity index (χ2v) is 4.85. The number of ether oxygens (including phenoxy) is 2. The molecule has 0 saturated heterocycles. The quantitative estimate of drug-likeness (QED) is 0.897. The fraction of sp³-hybridized carbons (Fsp3) is 0.462. The Bertz CT molecular complexity index is 413. The Hall–Kier alpha value is -1.69. The third kappa shape index (κ3) is 6.71. The first-order valence-electron chi connectivity index (χ1n) is 5.75. The summed E-state index contributed by atoms with van der Waals surface area (Å²) < 4.78 is 33.4. The minimum Gasteiger partial charge on any atom is -0.435 e. The molecule has 1 N–H and O–H groups in total. The maximum absolute atomic E-state index is 11.9. The molecule has 0 unspecified atom stereocenters. The van der Waals surface area contributed by atoms with Crippen molar-refractivity contribution in [2.45, 2.75) is 33.0 Å². The SMILES string of the molecule is CC(C)(C)OCC(=O)Nc1ccc(OC(F)F)cc1. The normalized spacial score (nSPS) is 11.5. The molecule has 1 aromatic carbocycles. The van der Waals surface area contributed by atoms with Crippen LogP contribution in [-0.2, 0) is 9.53 Å². The van der Waals surface area contributed by atoms with Gasteiger partial charge in [0.05, 0.1) is 5.60 Å². The number of hydrogen-bond acceptors (Lipinski definition) is 3. The molecule has 4 nitrogen and oxygen atoms in total. The van der Waals surface area contributed by atoms with Crippen molar-refractivity contribution >= 4 is 11.6 Å². The van der Waals surface area contributed by atoms with Gasteiger partial charge in [-0.15, -0.1) is 0 Å². The first kappa shape index (κ1) is 15.4. The molecule has 0 heterocycles. The second kappa shape index (κ2) is 6.47. The Morgan fingerprint density at radius 3 is 2.32 bits per heavy atom. The minimum atomic E-state index is -2.86. The molecular weight excluding hydrogens is 256 g/mol. The lowest BCUT2D eigenvalue weighted by Gasteiger charge is -2.19. The van der Waals surface area contributed by atoms with Gasteiger partial charge in [0.15, 0.2) is 0 Å². The number of carbonyl (C=O) groups is 1. The monoisotopic (exact) mass is 273 g/mol. The predicted molar refractivity (Wildman–Crippen MR) is 67.4 cm³/mol. The molecule has 0 bridgehead atoms. The number of anilines is 1. The van der Waals surface area contributed by atoms with Gasteiger partial charge >= 0.3 is 6.61 Å². The van der Waals surface area contributed by atoms with Crippen LogP contribution in [0.5, 0.6) is 5.75 Å². The smallest absolute Gasteiger partial charge is 0.387 e. The van der Waals surface area contributed by atoms with E-state index in [9.17, 15) is 13.6 Å². The Morgan fingerprint density at radius 1 is 1.26 bits per heavy atom. The number of alkyl halides is 2. The van der Waals surface area contributed by atoms with Gasteiger partial charge in [0.2, 0.25) is 5.91 Å². The highest BCUT2D eigenvalue weighted by Gasteiger charge is 2.13. The lowest BCUT2D eigenvalue weighted by Crippen LogP contribution is -2.27. The zero-order valence-corrected chi connectivity index (χ0v) is 11.1. The first-order valence-corrected chi connectivity index (χ1v) is 5.75. The van der Waals surface area contributed by atoms with Crippen LogP contribution < -0.4 is 10.1 Å². The minimum absolute atomic E-state index is 0.0407. The summed E-state index contributed by atoms with van der Waals surface area (Å²) in [5.74, 6) is -0.267. The van der Waals surface area contributed by atoms with Crippen molar-refractivity contribution in [1.82, 2.24) is 0 Å². The van der Waals surface area contributed by atoms with Crippen molar-refractivity contribution in [3.05, 3.63) is 24.3 Å². The topological polar surface area (TPSA) is 47.6 Å². The van der Waals surface area contributed by atoms with E-state index in [0.717, 1.165) is 0 Å². The van der Waals surface area contributed by atoms with Crippen LogP contribution in [0.2, 0.25) is 0 Å². The number of rotatable bonds is 5. The molecule has 1 rings (SSSR count). The summed E-state index contributed by atoms with van der Waals surface area (Å²) in [7, 11) is 0. The second-order valence-electron chi connectivity index (χ2n) is 4.85. The largest absolute Gasteiger partial charge is 0.435 e. The summed E-state index contributed by atoms with van der Waals surface area (Å²) in [6, 6.07) is 5.66. The average Bonchev–Trinajstić information content (AvgIpc) is 2.28. The van der Waals surface area contributed by atoms with E-state index >= 15 is 0 Å². The fourth-order valence-corrected chi connectivity index (χ4v) is 1.20. The zero-order chi connectivity index (χ0) is 14.5. The van der Waals surface area contributed by atoms with Crippen LogP contribution in [0.15, 0.2) is 24.3 Å². The number of halogens is 2. The summed E-state index contributed by atoms with van der Waals surface area (Å²) in [5.41, 5.74) is 0.0934. The van der Waals surface area contributed by atoms with Gasteiger partial charge < -0.3 is 14.8 Å². The molecule has 1 amide bonds. The van der Waals surface area contributed by atoms with Crippen LogP contribution in [0.1, 0.15) is 20.8 Å². The highest BCUT2D eigenvalue weighted by Crippen LogP contribution is 2.17. The van der Waals surface area contributed by atoms with Crippen molar-refractivity contribution in [2.75, 3.05) is 11.9 Å². The molecule has 0 aliphatic carbocycles. The summed E-state index contributed by atoms with van der Waals surface area (Å²) in [4.78, 5) is 11.5. The Balaban J connectivity index is 2.47. The van der Waals surface area contributed by atoms with Crippen LogP contribution in [0.3, 0.4) is 0 Å². The molecule has 0 atom stereocenters. The van der Waals surface area contributed by atoms with Crippen LogP contribution in [0, 0.1) is 0 Å². The van der Waals surface area contributed by atoms with Gasteiger partial charge in [-0.1, -0.05) is 0 Å². The standard InChI is InChI=1S/C13H17F2NO3/c1-13(2,3)18-8-11(17)16-9-4-6-10(7-5-9)19-12(14)15/h4-7,12H,8H2,1-3H3,(H,16,17). The van der Waals surface area contributed by atoms with E-state index in [4.69, 9.17) is 4.74 Å². The molecule has 0 fully saturated rings. The van der Waals surface area contributed by atoms with Gasteiger partial charge in [0.25, 0.3) is 0 Å². The van der Waals surface area contributed by atoms with Crippen molar-refractivity contribution in [3.63, 3.8) is 0 Å². The highest BCUT2D eigenvalue weighted by molar-refractivity contribution is 5.91. The molecule has 0 aromatic heterocycles. The van der Waals surface area contributed by atoms with E-state index in [2.05, 4.69) is 10.1 Å². The Morgan fingerprint density at radius 2 is 1.84 bits per heavy atom. The van der Waals surface area contributed by atoms with Crippen molar-refractivity contribution in [3.8, 4) is 5.75 Å². The van der Waals surface area contributed by atoms with Gasteiger partial charge in [-0.3, -0.25) is 4.79 Å². The molecule has 0 spiro atoms.